The van der Waals surface area contributed by atoms with Crippen LogP contribution in [0.5, 0.6) is 0 Å². The number of imide groups is 2. The average molecular weight is 493 g/mol. The Labute approximate surface area is 216 Å². The van der Waals surface area contributed by atoms with Gasteiger partial charge in [0.15, 0.2) is 0 Å². The van der Waals surface area contributed by atoms with Crippen molar-refractivity contribution < 1.29 is 19.2 Å². The third-order valence-corrected chi connectivity index (χ3v) is 7.09. The Balaban J connectivity index is 1.43. The summed E-state index contributed by atoms with van der Waals surface area (Å²) < 4.78 is 0. The fourth-order valence-electron chi connectivity index (χ4n) is 5.14. The molecule has 0 saturated heterocycles. The second-order valence-corrected chi connectivity index (χ2v) is 9.49. The molecule has 5 rings (SSSR count). The Morgan fingerprint density at radius 3 is 1.78 bits per heavy atom. The molecule has 0 bridgehead atoms. The molecule has 0 aromatic heterocycles. The van der Waals surface area contributed by atoms with Gasteiger partial charge in [-0.3, -0.25) is 19.2 Å². The molecule has 0 spiro atoms. The number of hydrogen-bond acceptors (Lipinski definition) is 4. The summed E-state index contributed by atoms with van der Waals surface area (Å²) >= 11 is 0. The van der Waals surface area contributed by atoms with Crippen molar-refractivity contribution >= 4 is 29.3 Å². The molecule has 2 heterocycles. The van der Waals surface area contributed by atoms with Crippen LogP contribution in [0.2, 0.25) is 0 Å². The van der Waals surface area contributed by atoms with E-state index in [0.717, 1.165) is 35.3 Å². The molecule has 2 unspecified atom stereocenters. The van der Waals surface area contributed by atoms with Gasteiger partial charge in [0.2, 0.25) is 0 Å². The highest BCUT2D eigenvalue weighted by Gasteiger charge is 2.30. The summed E-state index contributed by atoms with van der Waals surface area (Å²) in [5.74, 6) is -1.23. The number of rotatable bonds is 8. The molecule has 0 fully saturated rings. The van der Waals surface area contributed by atoms with E-state index in [1.54, 1.807) is 0 Å². The predicted molar refractivity (Wildman–Crippen MR) is 141 cm³/mol. The third-order valence-electron chi connectivity index (χ3n) is 7.09. The van der Waals surface area contributed by atoms with Gasteiger partial charge in [0, 0.05) is 35.9 Å². The van der Waals surface area contributed by atoms with Gasteiger partial charge in [-0.15, -0.1) is 0 Å². The second kappa shape index (κ2) is 10.3. The maximum atomic E-state index is 12.1. The summed E-state index contributed by atoms with van der Waals surface area (Å²) in [7, 11) is 0. The first kappa shape index (κ1) is 24.4. The minimum absolute atomic E-state index is 0.00883. The lowest BCUT2D eigenvalue weighted by atomic mass is 9.77. The van der Waals surface area contributed by atoms with Crippen molar-refractivity contribution in [2.75, 3.05) is 4.90 Å². The van der Waals surface area contributed by atoms with Crippen LogP contribution in [0.4, 0.5) is 5.69 Å². The number of allylic oxidation sites excluding steroid dienone is 3. The summed E-state index contributed by atoms with van der Waals surface area (Å²) in [6.45, 7) is 2.18. The van der Waals surface area contributed by atoms with Gasteiger partial charge < -0.3 is 0 Å². The minimum Gasteiger partial charge on any atom is -0.269 e. The van der Waals surface area contributed by atoms with Gasteiger partial charge in [-0.05, 0) is 60.1 Å². The number of aryl methyl sites for hydroxylation is 1. The third kappa shape index (κ3) is 4.87. The lowest BCUT2D eigenvalue weighted by molar-refractivity contribution is -0.134. The highest BCUT2D eigenvalue weighted by atomic mass is 16.2. The maximum Gasteiger partial charge on any atom is 0.258 e. The van der Waals surface area contributed by atoms with E-state index in [-0.39, 0.29) is 35.5 Å². The van der Waals surface area contributed by atoms with Gasteiger partial charge in [-0.2, -0.15) is 0 Å². The summed E-state index contributed by atoms with van der Waals surface area (Å²) in [6, 6.07) is 16.3. The minimum atomic E-state index is -0.342. The molecule has 6 heteroatoms. The number of benzene rings is 2. The lowest BCUT2D eigenvalue weighted by Crippen LogP contribution is -2.30. The molecule has 0 radical (unpaired) electrons. The van der Waals surface area contributed by atoms with Gasteiger partial charge in [-0.25, -0.2) is 9.80 Å². The van der Waals surface area contributed by atoms with E-state index in [2.05, 4.69) is 37.3 Å². The molecule has 6 nitrogen and oxygen atoms in total. The van der Waals surface area contributed by atoms with Crippen LogP contribution in [0.1, 0.15) is 48.8 Å². The van der Waals surface area contributed by atoms with Gasteiger partial charge in [0.25, 0.3) is 23.6 Å². The highest BCUT2D eigenvalue weighted by molar-refractivity contribution is 6.28. The van der Waals surface area contributed by atoms with Crippen molar-refractivity contribution in [1.29, 1.82) is 0 Å². The van der Waals surface area contributed by atoms with Crippen molar-refractivity contribution in [1.82, 2.24) is 4.90 Å². The normalized spacial score (nSPS) is 19.8. The summed E-state index contributed by atoms with van der Waals surface area (Å²) in [6.07, 6.45) is 15.0. The first-order valence-corrected chi connectivity index (χ1v) is 12.7. The topological polar surface area (TPSA) is 74.8 Å². The fraction of sp³-hybridized carbons (Fsp3) is 0.226. The number of unbranched alkanes of at least 4 members (excludes halogenated alkanes) is 1. The van der Waals surface area contributed by atoms with Crippen molar-refractivity contribution in [3.8, 4) is 0 Å². The molecule has 3 aliphatic rings. The molecule has 4 amide bonds. The molecule has 186 valence electrons. The first-order valence-electron chi connectivity index (χ1n) is 12.7. The number of nitrogens with zero attached hydrogens (tertiary/aromatic N) is 2. The predicted octanol–water partition coefficient (Wildman–Crippen LogP) is 4.98. The zero-order valence-electron chi connectivity index (χ0n) is 20.7. The molecular formula is C31H28N2O4. The molecule has 2 aromatic carbocycles. The number of hydrogen-bond donors (Lipinski definition) is 0. The van der Waals surface area contributed by atoms with Crippen LogP contribution in [0.25, 0.3) is 0 Å². The Kier molecular flexibility index (Phi) is 6.82. The van der Waals surface area contributed by atoms with E-state index >= 15 is 0 Å². The molecule has 1 aliphatic carbocycles. The van der Waals surface area contributed by atoms with E-state index in [0.29, 0.717) is 17.8 Å². The zero-order chi connectivity index (χ0) is 25.9. The van der Waals surface area contributed by atoms with Crippen LogP contribution in [0, 0.1) is 5.92 Å². The van der Waals surface area contributed by atoms with Gasteiger partial charge in [-0.1, -0.05) is 61.9 Å². The highest BCUT2D eigenvalue weighted by Crippen LogP contribution is 2.39. The van der Waals surface area contributed by atoms with Crippen LogP contribution < -0.4 is 4.90 Å². The van der Waals surface area contributed by atoms with Crippen LogP contribution >= 0.6 is 0 Å². The molecule has 2 aromatic rings. The molecule has 0 saturated carbocycles. The number of anilines is 1. The van der Waals surface area contributed by atoms with Gasteiger partial charge in [0.05, 0.1) is 5.69 Å². The fourth-order valence-corrected chi connectivity index (χ4v) is 5.14. The van der Waals surface area contributed by atoms with Crippen LogP contribution in [-0.2, 0) is 25.6 Å². The number of carbonyl (C=O) groups excluding carboxylic acids is 4. The average Bonchev–Trinajstić information content (AvgIpc) is 3.44. The van der Waals surface area contributed by atoms with Crippen molar-refractivity contribution in [3.63, 3.8) is 0 Å². The van der Waals surface area contributed by atoms with Crippen LogP contribution in [-0.4, -0.2) is 28.5 Å². The van der Waals surface area contributed by atoms with Crippen molar-refractivity contribution in [2.24, 2.45) is 5.92 Å². The van der Waals surface area contributed by atoms with Crippen molar-refractivity contribution in [3.05, 3.63) is 113 Å². The Bertz CT molecular complexity index is 1330. The van der Waals surface area contributed by atoms with Gasteiger partial charge in [0.1, 0.15) is 0 Å². The summed E-state index contributed by atoms with van der Waals surface area (Å²) in [5, 5.41) is 0. The molecule has 2 atom stereocenters. The Morgan fingerprint density at radius 1 is 0.730 bits per heavy atom. The maximum absolute atomic E-state index is 12.1. The second-order valence-electron chi connectivity index (χ2n) is 9.49. The van der Waals surface area contributed by atoms with E-state index in [1.165, 1.54) is 34.8 Å². The van der Waals surface area contributed by atoms with E-state index in [4.69, 9.17) is 0 Å². The summed E-state index contributed by atoms with van der Waals surface area (Å²) in [5.41, 5.74) is 4.65. The molecule has 0 N–H and O–H groups in total. The molecule has 37 heavy (non-hydrogen) atoms. The number of carbonyl (C=O) groups is 4. The SMILES string of the molecule is CCCCc1ccc(C(c2ccc(N3C(=O)C=CC3=O)cc2)C2C=CC(N3C(=O)C=CC3=O)=CC2)cc1. The first-order chi connectivity index (χ1) is 18.0. The Morgan fingerprint density at radius 2 is 1.27 bits per heavy atom. The zero-order valence-corrected chi connectivity index (χ0v) is 20.7. The van der Waals surface area contributed by atoms with E-state index < -0.39 is 0 Å². The summed E-state index contributed by atoms with van der Waals surface area (Å²) in [4.78, 5) is 50.8. The number of amides is 4. The van der Waals surface area contributed by atoms with Crippen LogP contribution in [0.15, 0.2) is 96.8 Å². The standard InChI is InChI=1S/C31H28N2O4/c1-2-3-4-21-5-7-22(8-6-21)31(23-9-13-25(14-10-23)32-27(34)17-18-28(32)35)24-11-15-26(16-12-24)33-29(36)19-20-30(33)37/h5-11,13-20,24,31H,2-4,12H2,1H3. The van der Waals surface area contributed by atoms with Crippen molar-refractivity contribution in [2.45, 2.75) is 38.5 Å². The van der Waals surface area contributed by atoms with Gasteiger partial charge >= 0.3 is 0 Å². The molecular weight excluding hydrogens is 464 g/mol. The van der Waals surface area contributed by atoms with E-state index in [9.17, 15) is 19.2 Å². The Hall–Kier alpha value is -4.32. The lowest BCUT2D eigenvalue weighted by Gasteiger charge is -2.29. The largest absolute Gasteiger partial charge is 0.269 e. The van der Waals surface area contributed by atoms with E-state index in [1.807, 2.05) is 36.4 Å². The monoisotopic (exact) mass is 492 g/mol. The quantitative estimate of drug-likeness (QED) is 0.488. The molecule has 2 aliphatic heterocycles. The smallest absolute Gasteiger partial charge is 0.258 e. The van der Waals surface area contributed by atoms with Crippen LogP contribution in [0.3, 0.4) is 0 Å².